The summed E-state index contributed by atoms with van der Waals surface area (Å²) in [5.41, 5.74) is 0. The van der Waals surface area contributed by atoms with Gasteiger partial charge in [0.2, 0.25) is 5.89 Å². The standard InChI is InChI=1S/C12H19N3O.ClH/c1-2-9(1)7-11-14-12(16-15-11)8-10-3-5-13-6-4-10;/h9-10,13H,1-8H2;1H. The van der Waals surface area contributed by atoms with Gasteiger partial charge < -0.3 is 9.84 Å². The summed E-state index contributed by atoms with van der Waals surface area (Å²) in [5, 5.41) is 7.43. The molecule has 0 aromatic carbocycles. The highest BCUT2D eigenvalue weighted by Crippen LogP contribution is 2.31. The highest BCUT2D eigenvalue weighted by molar-refractivity contribution is 5.85. The first-order valence-corrected chi connectivity index (χ1v) is 6.42. The summed E-state index contributed by atoms with van der Waals surface area (Å²) in [6.45, 7) is 2.27. The molecule has 0 radical (unpaired) electrons. The second kappa shape index (κ2) is 5.83. The van der Waals surface area contributed by atoms with Crippen LogP contribution < -0.4 is 5.32 Å². The molecule has 2 heterocycles. The topological polar surface area (TPSA) is 51.0 Å². The maximum Gasteiger partial charge on any atom is 0.226 e. The van der Waals surface area contributed by atoms with E-state index in [0.717, 1.165) is 49.5 Å². The van der Waals surface area contributed by atoms with Crippen molar-refractivity contribution < 1.29 is 4.52 Å². The molecule has 17 heavy (non-hydrogen) atoms. The monoisotopic (exact) mass is 257 g/mol. The third kappa shape index (κ3) is 3.68. The van der Waals surface area contributed by atoms with E-state index in [-0.39, 0.29) is 12.4 Å². The highest BCUT2D eigenvalue weighted by atomic mass is 35.5. The number of aromatic nitrogens is 2. The van der Waals surface area contributed by atoms with Crippen molar-refractivity contribution >= 4 is 12.4 Å². The molecular formula is C12H20ClN3O. The molecule has 5 heteroatoms. The Morgan fingerprint density at radius 2 is 1.76 bits per heavy atom. The van der Waals surface area contributed by atoms with Crippen LogP contribution in [0.25, 0.3) is 0 Å². The molecule has 2 aliphatic rings. The summed E-state index contributed by atoms with van der Waals surface area (Å²) in [6.07, 6.45) is 7.16. The number of hydrogen-bond acceptors (Lipinski definition) is 4. The van der Waals surface area contributed by atoms with Crippen LogP contribution in [0.15, 0.2) is 4.52 Å². The number of nitrogens with one attached hydrogen (secondary N) is 1. The average molecular weight is 258 g/mol. The SMILES string of the molecule is C1CC(Cc2nc(CC3CC3)no2)CCN1.Cl. The molecule has 0 bridgehead atoms. The number of hydrogen-bond donors (Lipinski definition) is 1. The molecule has 0 spiro atoms. The Morgan fingerprint density at radius 3 is 2.47 bits per heavy atom. The van der Waals surface area contributed by atoms with E-state index in [1.54, 1.807) is 0 Å². The maximum atomic E-state index is 5.31. The second-order valence-corrected chi connectivity index (χ2v) is 5.15. The fraction of sp³-hybridized carbons (Fsp3) is 0.833. The minimum absolute atomic E-state index is 0. The molecule has 4 nitrogen and oxygen atoms in total. The normalized spacial score (nSPS) is 21.2. The average Bonchev–Trinajstić information content (AvgIpc) is 3.01. The van der Waals surface area contributed by atoms with Crippen LogP contribution in [0.1, 0.15) is 37.4 Å². The molecule has 1 aromatic rings. The van der Waals surface area contributed by atoms with Gasteiger partial charge in [-0.05, 0) is 50.6 Å². The van der Waals surface area contributed by atoms with Gasteiger partial charge in [0.1, 0.15) is 0 Å². The Bertz CT molecular complexity index is 345. The third-order valence-electron chi connectivity index (χ3n) is 3.60. The summed E-state index contributed by atoms with van der Waals surface area (Å²) in [6, 6.07) is 0. The zero-order valence-corrected chi connectivity index (χ0v) is 10.8. The summed E-state index contributed by atoms with van der Waals surface area (Å²) in [5.74, 6) is 3.34. The molecule has 3 rings (SSSR count). The van der Waals surface area contributed by atoms with E-state index in [2.05, 4.69) is 15.5 Å². The van der Waals surface area contributed by atoms with Crippen LogP contribution in [0.3, 0.4) is 0 Å². The van der Waals surface area contributed by atoms with Crippen LogP contribution in [0, 0.1) is 11.8 Å². The Morgan fingerprint density at radius 1 is 1.06 bits per heavy atom. The number of rotatable bonds is 4. The molecule has 2 fully saturated rings. The van der Waals surface area contributed by atoms with Crippen LogP contribution in [0.5, 0.6) is 0 Å². The van der Waals surface area contributed by atoms with Crippen molar-refractivity contribution in [3.05, 3.63) is 11.7 Å². The Hall–Kier alpha value is -0.610. The zero-order valence-electron chi connectivity index (χ0n) is 10.0. The lowest BCUT2D eigenvalue weighted by molar-refractivity contribution is 0.312. The van der Waals surface area contributed by atoms with Gasteiger partial charge in [-0.2, -0.15) is 4.98 Å². The van der Waals surface area contributed by atoms with Gasteiger partial charge in [0.05, 0.1) is 0 Å². The molecule has 96 valence electrons. The van der Waals surface area contributed by atoms with Gasteiger partial charge in [-0.25, -0.2) is 0 Å². The van der Waals surface area contributed by atoms with Crippen molar-refractivity contribution in [2.45, 2.75) is 38.5 Å². The first-order chi connectivity index (χ1) is 7.90. The Balaban J connectivity index is 0.00000108. The van der Waals surface area contributed by atoms with Crippen LogP contribution in [-0.4, -0.2) is 23.2 Å². The van der Waals surface area contributed by atoms with E-state index in [4.69, 9.17) is 4.52 Å². The summed E-state index contributed by atoms with van der Waals surface area (Å²) >= 11 is 0. The lowest BCUT2D eigenvalue weighted by Gasteiger charge is -2.20. The molecule has 0 atom stereocenters. The lowest BCUT2D eigenvalue weighted by atomic mass is 9.95. The van der Waals surface area contributed by atoms with Gasteiger partial charge in [0, 0.05) is 12.8 Å². The largest absolute Gasteiger partial charge is 0.339 e. The Kier molecular flexibility index (Phi) is 4.40. The predicted molar refractivity (Wildman–Crippen MR) is 67.3 cm³/mol. The van der Waals surface area contributed by atoms with Gasteiger partial charge in [0.25, 0.3) is 0 Å². The number of piperidine rings is 1. The molecule has 1 aromatic heterocycles. The molecular weight excluding hydrogens is 238 g/mol. The smallest absolute Gasteiger partial charge is 0.226 e. The van der Waals surface area contributed by atoms with E-state index in [1.807, 2.05) is 0 Å². The van der Waals surface area contributed by atoms with Crippen molar-refractivity contribution in [2.75, 3.05) is 13.1 Å². The van der Waals surface area contributed by atoms with E-state index in [0.29, 0.717) is 0 Å². The quantitative estimate of drug-likeness (QED) is 0.896. The van der Waals surface area contributed by atoms with E-state index in [9.17, 15) is 0 Å². The summed E-state index contributed by atoms with van der Waals surface area (Å²) in [7, 11) is 0. The fourth-order valence-corrected chi connectivity index (χ4v) is 2.37. The van der Waals surface area contributed by atoms with Crippen molar-refractivity contribution in [3.8, 4) is 0 Å². The Labute approximate surface area is 108 Å². The second-order valence-electron chi connectivity index (χ2n) is 5.15. The van der Waals surface area contributed by atoms with Gasteiger partial charge >= 0.3 is 0 Å². The maximum absolute atomic E-state index is 5.31. The number of halogens is 1. The van der Waals surface area contributed by atoms with E-state index < -0.39 is 0 Å². The van der Waals surface area contributed by atoms with Crippen molar-refractivity contribution in [1.82, 2.24) is 15.5 Å². The van der Waals surface area contributed by atoms with Crippen molar-refractivity contribution in [2.24, 2.45) is 11.8 Å². The molecule has 1 saturated heterocycles. The molecule has 0 amide bonds. The van der Waals surface area contributed by atoms with Crippen LogP contribution in [0.2, 0.25) is 0 Å². The van der Waals surface area contributed by atoms with Gasteiger partial charge in [-0.3, -0.25) is 0 Å². The minimum atomic E-state index is 0. The van der Waals surface area contributed by atoms with Crippen LogP contribution in [0.4, 0.5) is 0 Å². The first kappa shape index (κ1) is 12.8. The van der Waals surface area contributed by atoms with Crippen LogP contribution in [-0.2, 0) is 12.8 Å². The third-order valence-corrected chi connectivity index (χ3v) is 3.60. The van der Waals surface area contributed by atoms with Gasteiger partial charge in [0.15, 0.2) is 5.82 Å². The fourth-order valence-electron chi connectivity index (χ4n) is 2.37. The number of nitrogens with zero attached hydrogens (tertiary/aromatic N) is 2. The highest BCUT2D eigenvalue weighted by Gasteiger charge is 2.24. The van der Waals surface area contributed by atoms with Crippen molar-refractivity contribution in [1.29, 1.82) is 0 Å². The molecule has 1 aliphatic heterocycles. The van der Waals surface area contributed by atoms with Gasteiger partial charge in [-0.15, -0.1) is 12.4 Å². The van der Waals surface area contributed by atoms with Crippen LogP contribution >= 0.6 is 12.4 Å². The molecule has 1 aliphatic carbocycles. The van der Waals surface area contributed by atoms with Gasteiger partial charge in [-0.1, -0.05) is 5.16 Å². The van der Waals surface area contributed by atoms with Crippen molar-refractivity contribution in [3.63, 3.8) is 0 Å². The molecule has 1 saturated carbocycles. The first-order valence-electron chi connectivity index (χ1n) is 6.42. The molecule has 1 N–H and O–H groups in total. The van der Waals surface area contributed by atoms with E-state index in [1.165, 1.54) is 25.7 Å². The lowest BCUT2D eigenvalue weighted by Crippen LogP contribution is -2.28. The van der Waals surface area contributed by atoms with E-state index >= 15 is 0 Å². The minimum Gasteiger partial charge on any atom is -0.339 e. The molecule has 0 unspecified atom stereocenters. The summed E-state index contributed by atoms with van der Waals surface area (Å²) < 4.78 is 5.31. The predicted octanol–water partition coefficient (Wildman–Crippen LogP) is 1.99. The zero-order chi connectivity index (χ0) is 10.8. The summed E-state index contributed by atoms with van der Waals surface area (Å²) in [4.78, 5) is 4.49.